The second-order valence-electron chi connectivity index (χ2n) is 6.54. The Morgan fingerprint density at radius 1 is 0.958 bits per heavy atom. The summed E-state index contributed by atoms with van der Waals surface area (Å²) in [4.78, 5) is 26.9. The third kappa shape index (κ3) is 4.28. The number of ketones is 2. The second kappa shape index (κ2) is 7.39. The van der Waals surface area contributed by atoms with Crippen LogP contribution in [0.5, 0.6) is 0 Å². The van der Waals surface area contributed by atoms with Crippen LogP contribution in [0.15, 0.2) is 41.5 Å². The lowest BCUT2D eigenvalue weighted by Crippen LogP contribution is -2.04. The third-order valence-electron chi connectivity index (χ3n) is 4.33. The zero-order chi connectivity index (χ0) is 17.9. The van der Waals surface area contributed by atoms with Crippen LogP contribution in [0.4, 0.5) is 5.82 Å². The maximum absolute atomic E-state index is 11.4. The van der Waals surface area contributed by atoms with Crippen LogP contribution in [0.25, 0.3) is 10.9 Å². The van der Waals surface area contributed by atoms with E-state index >= 15 is 0 Å². The van der Waals surface area contributed by atoms with Gasteiger partial charge >= 0.3 is 0 Å². The van der Waals surface area contributed by atoms with Crippen molar-refractivity contribution in [1.82, 2.24) is 4.98 Å². The van der Waals surface area contributed by atoms with Crippen LogP contribution in [0.3, 0.4) is 0 Å². The van der Waals surface area contributed by atoms with Crippen LogP contribution in [0.2, 0.25) is 0 Å². The Morgan fingerprint density at radius 2 is 1.54 bits per heavy atom. The number of nitrogens with two attached hydrogens (primary N) is 1. The van der Waals surface area contributed by atoms with E-state index < -0.39 is 0 Å². The molecule has 0 atom stereocenters. The highest BCUT2D eigenvalue weighted by Crippen LogP contribution is 2.22. The van der Waals surface area contributed by atoms with Crippen LogP contribution in [0, 0.1) is 12.8 Å². The molecule has 1 aliphatic rings. The Balaban J connectivity index is 0.000000174. The molecule has 0 aliphatic heterocycles. The first-order chi connectivity index (χ1) is 11.3. The molecule has 126 valence electrons. The van der Waals surface area contributed by atoms with Gasteiger partial charge in [0.15, 0.2) is 11.6 Å². The Hall–Kier alpha value is -2.49. The number of aryl methyl sites for hydroxylation is 1. The van der Waals surface area contributed by atoms with E-state index in [2.05, 4.69) is 18.0 Å². The van der Waals surface area contributed by atoms with Crippen molar-refractivity contribution in [2.45, 2.75) is 40.5 Å². The van der Waals surface area contributed by atoms with E-state index in [9.17, 15) is 9.59 Å². The number of allylic oxidation sites excluding steroid dienone is 2. The molecule has 1 heterocycles. The van der Waals surface area contributed by atoms with E-state index in [1.165, 1.54) is 5.56 Å². The number of rotatable bonds is 0. The fraction of sp³-hybridized carbons (Fsp3) is 0.350. The SMILES string of the molecule is CC1=C(C)C(=O)CC(C)CC1=O.Cc1ccc2nc(N)ccc2c1. The molecule has 2 aromatic rings. The number of hydrogen-bond donors (Lipinski definition) is 1. The van der Waals surface area contributed by atoms with Gasteiger partial charge in [0.2, 0.25) is 0 Å². The lowest BCUT2D eigenvalue weighted by atomic mass is 10.0. The molecule has 0 saturated carbocycles. The largest absolute Gasteiger partial charge is 0.384 e. The summed E-state index contributed by atoms with van der Waals surface area (Å²) in [6, 6.07) is 9.93. The highest BCUT2D eigenvalue weighted by Gasteiger charge is 2.22. The van der Waals surface area contributed by atoms with Crippen LogP contribution in [0.1, 0.15) is 39.2 Å². The van der Waals surface area contributed by atoms with Crippen molar-refractivity contribution in [3.8, 4) is 0 Å². The average Bonchev–Trinajstić information content (AvgIpc) is 2.60. The van der Waals surface area contributed by atoms with Gasteiger partial charge in [0.1, 0.15) is 5.82 Å². The number of nitrogens with zero attached hydrogens (tertiary/aromatic N) is 1. The molecule has 0 fully saturated rings. The lowest BCUT2D eigenvalue weighted by Gasteiger charge is -2.02. The highest BCUT2D eigenvalue weighted by molar-refractivity contribution is 6.07. The maximum Gasteiger partial charge on any atom is 0.159 e. The van der Waals surface area contributed by atoms with Gasteiger partial charge in [-0.1, -0.05) is 18.6 Å². The molecule has 0 amide bonds. The molecule has 4 heteroatoms. The number of fused-ring (bicyclic) bond motifs is 1. The molecule has 0 saturated heterocycles. The topological polar surface area (TPSA) is 73.0 Å². The fourth-order valence-corrected chi connectivity index (χ4v) is 2.69. The fourth-order valence-electron chi connectivity index (χ4n) is 2.69. The van der Waals surface area contributed by atoms with Crippen LogP contribution >= 0.6 is 0 Å². The summed E-state index contributed by atoms with van der Waals surface area (Å²) in [5, 5.41) is 1.14. The van der Waals surface area contributed by atoms with Crippen molar-refractivity contribution >= 4 is 28.3 Å². The summed E-state index contributed by atoms with van der Waals surface area (Å²) in [6.45, 7) is 7.50. The van der Waals surface area contributed by atoms with Crippen LogP contribution in [-0.4, -0.2) is 16.6 Å². The number of hydrogen-bond acceptors (Lipinski definition) is 4. The Morgan fingerprint density at radius 3 is 2.12 bits per heavy atom. The summed E-state index contributed by atoms with van der Waals surface area (Å²) < 4.78 is 0. The van der Waals surface area contributed by atoms with Gasteiger partial charge in [-0.15, -0.1) is 0 Å². The first kappa shape index (κ1) is 17.9. The quantitative estimate of drug-likeness (QED) is 0.794. The van der Waals surface area contributed by atoms with Gasteiger partial charge in [-0.25, -0.2) is 4.98 Å². The van der Waals surface area contributed by atoms with E-state index in [1.807, 2.05) is 31.2 Å². The number of carbonyl (C=O) groups is 2. The minimum Gasteiger partial charge on any atom is -0.384 e. The number of aromatic nitrogens is 1. The molecule has 24 heavy (non-hydrogen) atoms. The predicted octanol–water partition coefficient (Wildman–Crippen LogP) is 4.02. The molecule has 1 aromatic heterocycles. The number of nitrogen functional groups attached to an aromatic ring is 1. The zero-order valence-corrected chi connectivity index (χ0v) is 14.7. The molecule has 3 rings (SSSR count). The van der Waals surface area contributed by atoms with E-state index in [4.69, 9.17) is 5.73 Å². The summed E-state index contributed by atoms with van der Waals surface area (Å²) in [5.41, 5.74) is 9.07. The van der Waals surface area contributed by atoms with Crippen molar-refractivity contribution in [2.75, 3.05) is 5.73 Å². The van der Waals surface area contributed by atoms with Crippen LogP contribution < -0.4 is 5.73 Å². The van der Waals surface area contributed by atoms with E-state index in [-0.39, 0.29) is 17.5 Å². The summed E-state index contributed by atoms with van der Waals surface area (Å²) in [7, 11) is 0. The minimum absolute atomic E-state index is 0.130. The van der Waals surface area contributed by atoms with Gasteiger partial charge in [0, 0.05) is 18.2 Å². The Kier molecular flexibility index (Phi) is 5.50. The standard InChI is InChI=1S/C10H10N2.C10H14O2/c1-7-2-4-9-8(6-7)3-5-10(11)12-9;1-6-4-9(11)7(2)8(3)10(12)5-6/h2-6H,1H3,(H2,11,12);6H,4-5H2,1-3H3. The van der Waals surface area contributed by atoms with Gasteiger partial charge in [0.25, 0.3) is 0 Å². The van der Waals surface area contributed by atoms with Gasteiger partial charge in [-0.3, -0.25) is 9.59 Å². The monoisotopic (exact) mass is 324 g/mol. The minimum atomic E-state index is 0.130. The van der Waals surface area contributed by atoms with Crippen molar-refractivity contribution in [3.05, 3.63) is 47.0 Å². The first-order valence-electron chi connectivity index (χ1n) is 8.14. The average molecular weight is 324 g/mol. The number of anilines is 1. The molecular weight excluding hydrogens is 300 g/mol. The van der Waals surface area contributed by atoms with Gasteiger partial charge in [-0.2, -0.15) is 0 Å². The number of Topliss-reactive ketones (excluding diaryl/α,β-unsaturated/α-hetero) is 2. The molecule has 4 nitrogen and oxygen atoms in total. The van der Waals surface area contributed by atoms with Gasteiger partial charge < -0.3 is 5.73 Å². The number of carbonyl (C=O) groups excluding carboxylic acids is 2. The first-order valence-corrected chi connectivity index (χ1v) is 8.14. The molecule has 1 aliphatic carbocycles. The highest BCUT2D eigenvalue weighted by atomic mass is 16.1. The number of benzene rings is 1. The maximum atomic E-state index is 11.4. The predicted molar refractivity (Wildman–Crippen MR) is 97.7 cm³/mol. The molecule has 1 aromatic carbocycles. The number of pyridine rings is 1. The molecule has 0 unspecified atom stereocenters. The van der Waals surface area contributed by atoms with Crippen molar-refractivity contribution in [1.29, 1.82) is 0 Å². The van der Waals surface area contributed by atoms with Crippen molar-refractivity contribution < 1.29 is 9.59 Å². The van der Waals surface area contributed by atoms with Crippen molar-refractivity contribution in [2.24, 2.45) is 5.92 Å². The smallest absolute Gasteiger partial charge is 0.159 e. The van der Waals surface area contributed by atoms with Crippen molar-refractivity contribution in [3.63, 3.8) is 0 Å². The van der Waals surface area contributed by atoms with E-state index in [0.29, 0.717) is 29.8 Å². The molecular formula is C20H24N2O2. The Bertz CT molecular complexity index is 754. The molecule has 0 spiro atoms. The molecule has 0 bridgehead atoms. The molecule has 2 N–H and O–H groups in total. The summed E-state index contributed by atoms with van der Waals surface area (Å²) in [5.74, 6) is 1.04. The summed E-state index contributed by atoms with van der Waals surface area (Å²) >= 11 is 0. The van der Waals surface area contributed by atoms with E-state index in [0.717, 1.165) is 10.9 Å². The normalized spacial score (nSPS) is 16.0. The third-order valence-corrected chi connectivity index (χ3v) is 4.33. The summed E-state index contributed by atoms with van der Waals surface area (Å²) in [6.07, 6.45) is 1.05. The second-order valence-corrected chi connectivity index (χ2v) is 6.54. The zero-order valence-electron chi connectivity index (χ0n) is 14.7. The van der Waals surface area contributed by atoms with Gasteiger partial charge in [-0.05, 0) is 62.1 Å². The molecule has 0 radical (unpaired) electrons. The lowest BCUT2D eigenvalue weighted by molar-refractivity contribution is -0.116. The van der Waals surface area contributed by atoms with Gasteiger partial charge in [0.05, 0.1) is 5.52 Å². The van der Waals surface area contributed by atoms with Crippen LogP contribution in [-0.2, 0) is 9.59 Å². The van der Waals surface area contributed by atoms with E-state index in [1.54, 1.807) is 13.8 Å². The Labute approximate surface area is 142 Å².